The highest BCUT2D eigenvalue weighted by Gasteiger charge is 2.19. The van der Waals surface area contributed by atoms with E-state index in [1.165, 1.54) is 12.1 Å². The molecule has 104 valence electrons. The summed E-state index contributed by atoms with van der Waals surface area (Å²) in [6, 6.07) is 9.99. The third-order valence-corrected chi connectivity index (χ3v) is 4.91. The zero-order chi connectivity index (χ0) is 14.2. The van der Waals surface area contributed by atoms with E-state index >= 15 is 0 Å². The molecule has 0 spiro atoms. The van der Waals surface area contributed by atoms with Crippen molar-refractivity contribution in [2.45, 2.75) is 11.7 Å². The average Bonchev–Trinajstić information content (AvgIpc) is 3.06. The molecule has 0 aliphatic carbocycles. The number of nitrogens with one attached hydrogen (secondary N) is 1. The van der Waals surface area contributed by atoms with E-state index in [-0.39, 0.29) is 17.5 Å². The van der Waals surface area contributed by atoms with Gasteiger partial charge in [-0.05, 0) is 47.2 Å². The van der Waals surface area contributed by atoms with Crippen molar-refractivity contribution in [3.8, 4) is 0 Å². The van der Waals surface area contributed by atoms with Gasteiger partial charge in [0.1, 0.15) is 12.4 Å². The van der Waals surface area contributed by atoms with Gasteiger partial charge in [0.15, 0.2) is 0 Å². The molecule has 7 heteroatoms. The summed E-state index contributed by atoms with van der Waals surface area (Å²) < 4.78 is 32.8. The van der Waals surface area contributed by atoms with Gasteiger partial charge in [-0.2, -0.15) is 8.42 Å². The maximum absolute atomic E-state index is 12.1. The third kappa shape index (κ3) is 2.43. The molecule has 0 amide bonds. The van der Waals surface area contributed by atoms with Crippen molar-refractivity contribution >= 4 is 37.1 Å². The Morgan fingerprint density at radius 2 is 2.05 bits per heavy atom. The van der Waals surface area contributed by atoms with Crippen LogP contribution in [-0.2, 0) is 16.6 Å². The highest BCUT2D eigenvalue weighted by atomic mass is 32.2. The van der Waals surface area contributed by atoms with Crippen molar-refractivity contribution in [2.24, 2.45) is 0 Å². The highest BCUT2D eigenvalue weighted by Crippen LogP contribution is 2.25. The van der Waals surface area contributed by atoms with Gasteiger partial charge in [0, 0.05) is 10.4 Å². The Kier molecular flexibility index (Phi) is 3.25. The van der Waals surface area contributed by atoms with Gasteiger partial charge in [0.25, 0.3) is 10.0 Å². The molecule has 0 aliphatic heterocycles. The van der Waals surface area contributed by atoms with Crippen molar-refractivity contribution in [3.63, 3.8) is 0 Å². The Bertz CT molecular complexity index is 848. The lowest BCUT2D eigenvalue weighted by molar-refractivity contribution is 0.236. The summed E-state index contributed by atoms with van der Waals surface area (Å²) in [5, 5.41) is 11.6. The zero-order valence-electron chi connectivity index (χ0n) is 10.2. The highest BCUT2D eigenvalue weighted by molar-refractivity contribution is 7.92. The maximum Gasteiger partial charge on any atom is 0.295 e. The minimum Gasteiger partial charge on any atom is -0.445 e. The van der Waals surface area contributed by atoms with Crippen molar-refractivity contribution in [1.29, 1.82) is 0 Å². The smallest absolute Gasteiger partial charge is 0.295 e. The fourth-order valence-electron chi connectivity index (χ4n) is 1.82. The predicted molar refractivity (Wildman–Crippen MR) is 77.3 cm³/mol. The van der Waals surface area contributed by atoms with Crippen LogP contribution in [0.3, 0.4) is 0 Å². The summed E-state index contributed by atoms with van der Waals surface area (Å²) in [4.78, 5) is 0. The molecule has 0 saturated heterocycles. The standard InChI is InChI=1S/C13H11NO4S2/c15-8-11-2-4-13(18-11)20(16,17)14-10-1-3-12-9(7-10)5-6-19-12/h1-7,14-15H,8H2. The number of sulfonamides is 1. The van der Waals surface area contributed by atoms with E-state index in [0.717, 1.165) is 10.1 Å². The Balaban J connectivity index is 1.92. The predicted octanol–water partition coefficient (Wildman–Crippen LogP) is 2.79. The summed E-state index contributed by atoms with van der Waals surface area (Å²) in [5.74, 6) is 0.207. The molecular weight excluding hydrogens is 298 g/mol. The van der Waals surface area contributed by atoms with E-state index < -0.39 is 10.0 Å². The number of anilines is 1. The van der Waals surface area contributed by atoms with Crippen LogP contribution >= 0.6 is 11.3 Å². The lowest BCUT2D eigenvalue weighted by Gasteiger charge is -2.05. The molecule has 2 N–H and O–H groups in total. The van der Waals surface area contributed by atoms with Crippen LogP contribution in [0.1, 0.15) is 5.76 Å². The van der Waals surface area contributed by atoms with Gasteiger partial charge in [0.05, 0.1) is 0 Å². The topological polar surface area (TPSA) is 79.5 Å². The van der Waals surface area contributed by atoms with E-state index in [1.807, 2.05) is 17.5 Å². The molecule has 3 aromatic rings. The minimum atomic E-state index is -3.78. The van der Waals surface area contributed by atoms with E-state index in [0.29, 0.717) is 5.69 Å². The number of hydrogen-bond donors (Lipinski definition) is 2. The molecule has 0 fully saturated rings. The molecule has 0 radical (unpaired) electrons. The number of thiophene rings is 1. The number of rotatable bonds is 4. The van der Waals surface area contributed by atoms with Crippen LogP contribution < -0.4 is 4.72 Å². The van der Waals surface area contributed by atoms with E-state index in [4.69, 9.17) is 9.52 Å². The van der Waals surface area contributed by atoms with E-state index in [9.17, 15) is 8.42 Å². The summed E-state index contributed by atoms with van der Waals surface area (Å²) in [6.07, 6.45) is 0. The zero-order valence-corrected chi connectivity index (χ0v) is 11.9. The van der Waals surface area contributed by atoms with Crippen LogP contribution in [0.4, 0.5) is 5.69 Å². The monoisotopic (exact) mass is 309 g/mol. The molecule has 2 heterocycles. The third-order valence-electron chi connectivity index (χ3n) is 2.76. The first-order valence-electron chi connectivity index (χ1n) is 5.78. The second-order valence-corrected chi connectivity index (χ2v) is 6.72. The number of aliphatic hydroxyl groups excluding tert-OH is 1. The van der Waals surface area contributed by atoms with Crippen LogP contribution in [0, 0.1) is 0 Å². The molecule has 0 aliphatic rings. The molecule has 20 heavy (non-hydrogen) atoms. The average molecular weight is 309 g/mol. The molecule has 2 aromatic heterocycles. The second kappa shape index (κ2) is 4.93. The molecule has 1 aromatic carbocycles. The van der Waals surface area contributed by atoms with Crippen molar-refractivity contribution in [2.75, 3.05) is 4.72 Å². The minimum absolute atomic E-state index is 0.207. The van der Waals surface area contributed by atoms with Gasteiger partial charge in [-0.3, -0.25) is 4.72 Å². The molecule has 5 nitrogen and oxygen atoms in total. The van der Waals surface area contributed by atoms with Crippen molar-refractivity contribution in [1.82, 2.24) is 0 Å². The fraction of sp³-hybridized carbons (Fsp3) is 0.0769. The number of benzene rings is 1. The van der Waals surface area contributed by atoms with Crippen LogP contribution in [0.25, 0.3) is 10.1 Å². The van der Waals surface area contributed by atoms with Crippen LogP contribution in [0.2, 0.25) is 0 Å². The van der Waals surface area contributed by atoms with Crippen LogP contribution in [0.15, 0.2) is 51.3 Å². The van der Waals surface area contributed by atoms with Gasteiger partial charge in [-0.25, -0.2) is 0 Å². The number of hydrogen-bond acceptors (Lipinski definition) is 5. The molecule has 0 bridgehead atoms. The van der Waals surface area contributed by atoms with E-state index in [1.54, 1.807) is 23.5 Å². The number of fused-ring (bicyclic) bond motifs is 1. The summed E-state index contributed by atoms with van der Waals surface area (Å²) in [5.41, 5.74) is 0.470. The Labute approximate surface area is 119 Å². The first kappa shape index (κ1) is 13.2. The van der Waals surface area contributed by atoms with Crippen LogP contribution in [-0.4, -0.2) is 13.5 Å². The molecule has 0 saturated carbocycles. The van der Waals surface area contributed by atoms with Gasteiger partial charge >= 0.3 is 0 Å². The molecule has 0 atom stereocenters. The van der Waals surface area contributed by atoms with Gasteiger partial charge < -0.3 is 9.52 Å². The van der Waals surface area contributed by atoms with Gasteiger partial charge in [-0.15, -0.1) is 11.3 Å². The van der Waals surface area contributed by atoms with Crippen molar-refractivity contribution < 1.29 is 17.9 Å². The SMILES string of the molecule is O=S(=O)(Nc1ccc2sccc2c1)c1ccc(CO)o1. The largest absolute Gasteiger partial charge is 0.445 e. The number of furan rings is 1. The van der Waals surface area contributed by atoms with E-state index in [2.05, 4.69) is 4.72 Å². The summed E-state index contributed by atoms with van der Waals surface area (Å²) in [7, 11) is -3.78. The second-order valence-electron chi connectivity index (χ2n) is 4.16. The summed E-state index contributed by atoms with van der Waals surface area (Å²) in [6.45, 7) is -0.337. The Hall–Kier alpha value is -1.83. The van der Waals surface area contributed by atoms with Crippen molar-refractivity contribution in [3.05, 3.63) is 47.5 Å². The van der Waals surface area contributed by atoms with Gasteiger partial charge in [0.2, 0.25) is 5.09 Å². The van der Waals surface area contributed by atoms with Gasteiger partial charge in [-0.1, -0.05) is 0 Å². The first-order chi connectivity index (χ1) is 9.58. The molecule has 3 rings (SSSR count). The molecular formula is C13H11NO4S2. The fourth-order valence-corrected chi connectivity index (χ4v) is 3.60. The van der Waals surface area contributed by atoms with Crippen LogP contribution in [0.5, 0.6) is 0 Å². The lowest BCUT2D eigenvalue weighted by atomic mass is 10.2. The first-order valence-corrected chi connectivity index (χ1v) is 8.14. The summed E-state index contributed by atoms with van der Waals surface area (Å²) >= 11 is 1.59. The Morgan fingerprint density at radius 3 is 2.80 bits per heavy atom. The quantitative estimate of drug-likeness (QED) is 0.776. The molecule has 0 unspecified atom stereocenters. The maximum atomic E-state index is 12.1. The normalized spacial score (nSPS) is 11.8. The Morgan fingerprint density at radius 1 is 1.20 bits per heavy atom. The lowest BCUT2D eigenvalue weighted by Crippen LogP contribution is -2.11. The number of aliphatic hydroxyl groups is 1.